The lowest BCUT2D eigenvalue weighted by Gasteiger charge is -2.13. The smallest absolute Gasteiger partial charge is 0.344 e. The van der Waals surface area contributed by atoms with E-state index in [2.05, 4.69) is 5.32 Å². The van der Waals surface area contributed by atoms with E-state index in [4.69, 9.17) is 9.47 Å². The third kappa shape index (κ3) is 5.80. The molecule has 1 N–H and O–H groups in total. The number of carbonyl (C=O) groups excluding carboxylic acids is 2. The van der Waals surface area contributed by atoms with Gasteiger partial charge in [-0.1, -0.05) is 12.1 Å². The standard InChI is InChI=1S/C18H19FN2O4/c1-21(2)14-9-7-13(8-10-14)20-17(22)11-25-18(23)12-24-16-6-4-3-5-15(16)19/h3-10H,11-12H2,1-2H3,(H,20,22). The van der Waals surface area contributed by atoms with Crippen LogP contribution in [-0.2, 0) is 14.3 Å². The molecular weight excluding hydrogens is 327 g/mol. The quantitative estimate of drug-likeness (QED) is 0.780. The van der Waals surface area contributed by atoms with Crippen LogP contribution in [0.15, 0.2) is 48.5 Å². The van der Waals surface area contributed by atoms with Crippen molar-refractivity contribution in [2.75, 3.05) is 37.5 Å². The van der Waals surface area contributed by atoms with Crippen molar-refractivity contribution in [2.45, 2.75) is 0 Å². The number of halogens is 1. The van der Waals surface area contributed by atoms with Gasteiger partial charge in [-0.2, -0.15) is 0 Å². The zero-order chi connectivity index (χ0) is 18.2. The van der Waals surface area contributed by atoms with Crippen molar-refractivity contribution in [3.8, 4) is 5.75 Å². The van der Waals surface area contributed by atoms with Gasteiger partial charge >= 0.3 is 5.97 Å². The molecule has 0 bridgehead atoms. The first-order valence-electron chi connectivity index (χ1n) is 7.56. The van der Waals surface area contributed by atoms with Gasteiger partial charge in [0.2, 0.25) is 0 Å². The average molecular weight is 346 g/mol. The SMILES string of the molecule is CN(C)c1ccc(NC(=O)COC(=O)COc2ccccc2F)cc1. The second kappa shape index (κ2) is 8.68. The molecule has 0 saturated heterocycles. The Morgan fingerprint density at radius 2 is 1.72 bits per heavy atom. The average Bonchev–Trinajstić information content (AvgIpc) is 2.59. The molecule has 0 atom stereocenters. The molecule has 25 heavy (non-hydrogen) atoms. The molecule has 0 aliphatic rings. The summed E-state index contributed by atoms with van der Waals surface area (Å²) in [7, 11) is 3.83. The fourth-order valence-corrected chi connectivity index (χ4v) is 1.93. The Hall–Kier alpha value is -3.09. The van der Waals surface area contributed by atoms with Crippen LogP contribution in [0.1, 0.15) is 0 Å². The number of esters is 1. The number of hydrogen-bond acceptors (Lipinski definition) is 5. The van der Waals surface area contributed by atoms with Crippen LogP contribution in [0.25, 0.3) is 0 Å². The Bertz CT molecular complexity index is 732. The molecule has 0 radical (unpaired) electrons. The van der Waals surface area contributed by atoms with Gasteiger partial charge in [-0.15, -0.1) is 0 Å². The third-order valence-corrected chi connectivity index (χ3v) is 3.21. The molecule has 2 aromatic rings. The number of amides is 1. The predicted octanol–water partition coefficient (Wildman–Crippen LogP) is 2.45. The Morgan fingerprint density at radius 1 is 1.04 bits per heavy atom. The maximum atomic E-state index is 13.3. The van der Waals surface area contributed by atoms with E-state index in [1.165, 1.54) is 18.2 Å². The maximum Gasteiger partial charge on any atom is 0.344 e. The summed E-state index contributed by atoms with van der Waals surface area (Å²) in [6, 6.07) is 12.9. The summed E-state index contributed by atoms with van der Waals surface area (Å²) in [5.41, 5.74) is 1.59. The van der Waals surface area contributed by atoms with E-state index in [0.29, 0.717) is 5.69 Å². The minimum atomic E-state index is -0.763. The lowest BCUT2D eigenvalue weighted by molar-refractivity contribution is -0.149. The van der Waals surface area contributed by atoms with Crippen molar-refractivity contribution in [2.24, 2.45) is 0 Å². The Morgan fingerprint density at radius 3 is 2.36 bits per heavy atom. The summed E-state index contributed by atoms with van der Waals surface area (Å²) in [5, 5.41) is 2.61. The highest BCUT2D eigenvalue weighted by Gasteiger charge is 2.10. The molecule has 6 nitrogen and oxygen atoms in total. The van der Waals surface area contributed by atoms with Gasteiger partial charge in [-0.25, -0.2) is 9.18 Å². The Kier molecular flexibility index (Phi) is 6.33. The molecular formula is C18H19FN2O4. The first-order valence-corrected chi connectivity index (χ1v) is 7.56. The van der Waals surface area contributed by atoms with Gasteiger partial charge in [-0.3, -0.25) is 4.79 Å². The highest BCUT2D eigenvalue weighted by molar-refractivity contribution is 5.93. The minimum Gasteiger partial charge on any atom is -0.479 e. The summed E-state index contributed by atoms with van der Waals surface area (Å²) in [5.74, 6) is -1.86. The number of ether oxygens (including phenoxy) is 2. The monoisotopic (exact) mass is 346 g/mol. The van der Waals surface area contributed by atoms with Crippen LogP contribution in [0, 0.1) is 5.82 Å². The molecule has 7 heteroatoms. The topological polar surface area (TPSA) is 67.9 Å². The van der Waals surface area contributed by atoms with Gasteiger partial charge in [0.1, 0.15) is 0 Å². The normalized spacial score (nSPS) is 10.0. The van der Waals surface area contributed by atoms with Crippen molar-refractivity contribution in [1.82, 2.24) is 0 Å². The van der Waals surface area contributed by atoms with Gasteiger partial charge in [0.05, 0.1) is 0 Å². The molecule has 2 rings (SSSR count). The number of rotatable bonds is 7. The lowest BCUT2D eigenvalue weighted by atomic mass is 10.2. The number of nitrogens with one attached hydrogen (secondary N) is 1. The van der Waals surface area contributed by atoms with Gasteiger partial charge < -0.3 is 19.7 Å². The van der Waals surface area contributed by atoms with Crippen LogP contribution >= 0.6 is 0 Å². The van der Waals surface area contributed by atoms with E-state index in [-0.39, 0.29) is 5.75 Å². The molecule has 0 aromatic heterocycles. The van der Waals surface area contributed by atoms with Crippen molar-refractivity contribution in [3.63, 3.8) is 0 Å². The number of nitrogens with zero attached hydrogens (tertiary/aromatic N) is 1. The van der Waals surface area contributed by atoms with Crippen LogP contribution in [-0.4, -0.2) is 39.2 Å². The zero-order valence-electron chi connectivity index (χ0n) is 14.0. The number of carbonyl (C=O) groups is 2. The fraction of sp³-hybridized carbons (Fsp3) is 0.222. The largest absolute Gasteiger partial charge is 0.479 e. The van der Waals surface area contributed by atoms with E-state index in [9.17, 15) is 14.0 Å². The highest BCUT2D eigenvalue weighted by Crippen LogP contribution is 2.16. The van der Waals surface area contributed by atoms with Gasteiger partial charge in [0.15, 0.2) is 24.8 Å². The lowest BCUT2D eigenvalue weighted by Crippen LogP contribution is -2.23. The highest BCUT2D eigenvalue weighted by atomic mass is 19.1. The van der Waals surface area contributed by atoms with E-state index in [1.54, 1.807) is 18.2 Å². The molecule has 0 aliphatic heterocycles. The van der Waals surface area contributed by atoms with Crippen molar-refractivity contribution < 1.29 is 23.5 Å². The summed E-state index contributed by atoms with van der Waals surface area (Å²) in [4.78, 5) is 25.2. The third-order valence-electron chi connectivity index (χ3n) is 3.21. The summed E-state index contributed by atoms with van der Waals surface area (Å²) < 4.78 is 23.1. The summed E-state index contributed by atoms with van der Waals surface area (Å²) in [6.45, 7) is -0.930. The first kappa shape index (κ1) is 18.3. The molecule has 0 aliphatic carbocycles. The number of benzene rings is 2. The molecule has 132 valence electrons. The van der Waals surface area contributed by atoms with Gasteiger partial charge in [0.25, 0.3) is 5.91 Å². The second-order valence-corrected chi connectivity index (χ2v) is 5.37. The van der Waals surface area contributed by atoms with Crippen molar-refractivity contribution in [1.29, 1.82) is 0 Å². The van der Waals surface area contributed by atoms with Crippen LogP contribution in [0.4, 0.5) is 15.8 Å². The van der Waals surface area contributed by atoms with Gasteiger partial charge in [-0.05, 0) is 36.4 Å². The summed E-state index contributed by atoms with van der Waals surface area (Å²) >= 11 is 0. The summed E-state index contributed by atoms with van der Waals surface area (Å²) in [6.07, 6.45) is 0. The van der Waals surface area contributed by atoms with Gasteiger partial charge in [0, 0.05) is 25.5 Å². The molecule has 0 spiro atoms. The zero-order valence-corrected chi connectivity index (χ0v) is 14.0. The van der Waals surface area contributed by atoms with E-state index in [1.807, 2.05) is 31.1 Å². The first-order chi connectivity index (χ1) is 12.0. The second-order valence-electron chi connectivity index (χ2n) is 5.37. The predicted molar refractivity (Wildman–Crippen MR) is 92.3 cm³/mol. The number of hydrogen-bond donors (Lipinski definition) is 1. The number of anilines is 2. The van der Waals surface area contributed by atoms with Crippen LogP contribution in [0.3, 0.4) is 0 Å². The van der Waals surface area contributed by atoms with Crippen LogP contribution < -0.4 is 15.0 Å². The molecule has 1 amide bonds. The molecule has 0 fully saturated rings. The van der Waals surface area contributed by atoms with E-state index >= 15 is 0 Å². The molecule has 0 heterocycles. The van der Waals surface area contributed by atoms with E-state index in [0.717, 1.165) is 5.69 Å². The Labute approximate surface area is 145 Å². The van der Waals surface area contributed by atoms with Crippen LogP contribution in [0.5, 0.6) is 5.75 Å². The van der Waals surface area contributed by atoms with Crippen molar-refractivity contribution >= 4 is 23.3 Å². The minimum absolute atomic E-state index is 0.0510. The Balaban J connectivity index is 1.74. The van der Waals surface area contributed by atoms with E-state index < -0.39 is 30.9 Å². The fourth-order valence-electron chi connectivity index (χ4n) is 1.93. The van der Waals surface area contributed by atoms with Crippen molar-refractivity contribution in [3.05, 3.63) is 54.3 Å². The van der Waals surface area contributed by atoms with Crippen LogP contribution in [0.2, 0.25) is 0 Å². The molecule has 0 saturated carbocycles. The molecule has 2 aromatic carbocycles. The number of para-hydroxylation sites is 1. The molecule has 0 unspecified atom stereocenters. The maximum absolute atomic E-state index is 13.3.